The number of aryl methyl sites for hydroxylation is 1. The zero-order valence-electron chi connectivity index (χ0n) is 10.7. The Kier molecular flexibility index (Phi) is 4.39. The maximum atomic E-state index is 5.94. The number of nitrogens with one attached hydrogen (secondary N) is 1. The minimum absolute atomic E-state index is 0.624. The molecule has 2 rings (SSSR count). The zero-order chi connectivity index (χ0) is 14.0. The molecule has 0 spiro atoms. The lowest BCUT2D eigenvalue weighted by Crippen LogP contribution is -2.13. The fraction of sp³-hybridized carbons (Fsp3) is 0.231. The van der Waals surface area contributed by atoms with E-state index in [9.17, 15) is 0 Å². The molecule has 0 bridgehead atoms. The van der Waals surface area contributed by atoms with Crippen molar-refractivity contribution in [1.29, 1.82) is 0 Å². The molecular formula is C13H14BrClN4. The van der Waals surface area contributed by atoms with E-state index in [-0.39, 0.29) is 0 Å². The van der Waals surface area contributed by atoms with E-state index < -0.39 is 0 Å². The van der Waals surface area contributed by atoms with Crippen LogP contribution in [0.1, 0.15) is 18.2 Å². The molecule has 0 amide bonds. The van der Waals surface area contributed by atoms with Crippen LogP contribution in [0.5, 0.6) is 0 Å². The van der Waals surface area contributed by atoms with E-state index in [2.05, 4.69) is 38.2 Å². The summed E-state index contributed by atoms with van der Waals surface area (Å²) in [6.07, 6.45) is 0.821. The first kappa shape index (κ1) is 14.2. The SMILES string of the molecule is CCc1nc(-c2ccc(Cl)cc2Br)nc(NN)c1C. The van der Waals surface area contributed by atoms with Gasteiger partial charge in [0.25, 0.3) is 0 Å². The predicted octanol–water partition coefficient (Wildman–Crippen LogP) is 3.72. The maximum absolute atomic E-state index is 5.94. The quantitative estimate of drug-likeness (QED) is 0.660. The van der Waals surface area contributed by atoms with E-state index in [0.717, 1.165) is 27.7 Å². The number of hydrogen-bond donors (Lipinski definition) is 2. The van der Waals surface area contributed by atoms with Gasteiger partial charge < -0.3 is 5.43 Å². The molecule has 1 aromatic carbocycles. The van der Waals surface area contributed by atoms with Crippen LogP contribution >= 0.6 is 27.5 Å². The Balaban J connectivity index is 2.62. The summed E-state index contributed by atoms with van der Waals surface area (Å²) in [4.78, 5) is 9.02. The molecule has 3 N–H and O–H groups in total. The Bertz CT molecular complexity index is 591. The van der Waals surface area contributed by atoms with Crippen molar-refractivity contribution in [2.45, 2.75) is 20.3 Å². The molecule has 0 atom stereocenters. The number of aromatic nitrogens is 2. The average Bonchev–Trinajstić information content (AvgIpc) is 2.39. The summed E-state index contributed by atoms with van der Waals surface area (Å²) in [7, 11) is 0. The smallest absolute Gasteiger partial charge is 0.162 e. The first-order chi connectivity index (χ1) is 9.06. The van der Waals surface area contributed by atoms with Crippen molar-refractivity contribution in [2.75, 3.05) is 5.43 Å². The summed E-state index contributed by atoms with van der Waals surface area (Å²) in [5, 5.41) is 0.663. The third-order valence-electron chi connectivity index (χ3n) is 2.89. The summed E-state index contributed by atoms with van der Waals surface area (Å²) in [5.41, 5.74) is 5.45. The van der Waals surface area contributed by atoms with Gasteiger partial charge in [0, 0.05) is 26.3 Å². The molecule has 19 heavy (non-hydrogen) atoms. The van der Waals surface area contributed by atoms with Gasteiger partial charge in [0.1, 0.15) is 5.82 Å². The standard InChI is InChI=1S/C13H14BrClN4/c1-3-11-7(2)12(19-16)18-13(17-11)9-5-4-8(15)6-10(9)14/h4-6H,3,16H2,1-2H3,(H,17,18,19). The average molecular weight is 342 g/mol. The van der Waals surface area contributed by atoms with Crippen LogP contribution in [0.3, 0.4) is 0 Å². The number of benzene rings is 1. The second-order valence-corrected chi connectivity index (χ2v) is 5.38. The van der Waals surface area contributed by atoms with Crippen LogP contribution in [0.4, 0.5) is 5.82 Å². The summed E-state index contributed by atoms with van der Waals surface area (Å²) < 4.78 is 0.855. The third kappa shape index (κ3) is 2.88. The number of nitrogens with zero attached hydrogens (tertiary/aromatic N) is 2. The molecule has 0 fully saturated rings. The number of anilines is 1. The number of hydrazine groups is 1. The van der Waals surface area contributed by atoms with Gasteiger partial charge in [0.15, 0.2) is 5.82 Å². The fourth-order valence-electron chi connectivity index (χ4n) is 1.84. The van der Waals surface area contributed by atoms with E-state index >= 15 is 0 Å². The molecule has 0 unspecified atom stereocenters. The molecular weight excluding hydrogens is 328 g/mol. The molecule has 4 nitrogen and oxygen atoms in total. The van der Waals surface area contributed by atoms with Gasteiger partial charge in [0.05, 0.1) is 0 Å². The second-order valence-electron chi connectivity index (χ2n) is 4.09. The Morgan fingerprint density at radius 2 is 2.11 bits per heavy atom. The largest absolute Gasteiger partial charge is 0.308 e. The van der Waals surface area contributed by atoms with Crippen molar-refractivity contribution in [3.8, 4) is 11.4 Å². The van der Waals surface area contributed by atoms with Gasteiger partial charge in [-0.15, -0.1) is 0 Å². The highest BCUT2D eigenvalue weighted by Gasteiger charge is 2.12. The lowest BCUT2D eigenvalue weighted by molar-refractivity contribution is 0.973. The molecule has 2 aromatic rings. The monoisotopic (exact) mass is 340 g/mol. The Morgan fingerprint density at radius 1 is 1.37 bits per heavy atom. The number of hydrogen-bond acceptors (Lipinski definition) is 4. The van der Waals surface area contributed by atoms with Gasteiger partial charge in [-0.05, 0) is 47.5 Å². The highest BCUT2D eigenvalue weighted by Crippen LogP contribution is 2.30. The molecule has 100 valence electrons. The van der Waals surface area contributed by atoms with Crippen molar-refractivity contribution in [3.05, 3.63) is 39.0 Å². The topological polar surface area (TPSA) is 63.8 Å². The molecule has 0 radical (unpaired) electrons. The number of halogens is 2. The van der Waals surface area contributed by atoms with Gasteiger partial charge in [-0.1, -0.05) is 18.5 Å². The van der Waals surface area contributed by atoms with Crippen LogP contribution in [-0.2, 0) is 6.42 Å². The summed E-state index contributed by atoms with van der Waals surface area (Å²) >= 11 is 9.42. The Labute approximate surface area is 125 Å². The van der Waals surface area contributed by atoms with E-state index in [1.54, 1.807) is 0 Å². The van der Waals surface area contributed by atoms with Crippen LogP contribution < -0.4 is 11.3 Å². The van der Waals surface area contributed by atoms with Gasteiger partial charge in [-0.2, -0.15) is 0 Å². The molecule has 1 aromatic heterocycles. The van der Waals surface area contributed by atoms with Gasteiger partial charge in [0.2, 0.25) is 0 Å². The first-order valence-corrected chi connectivity index (χ1v) is 7.03. The van der Waals surface area contributed by atoms with Gasteiger partial charge in [-0.3, -0.25) is 0 Å². The summed E-state index contributed by atoms with van der Waals surface area (Å²) in [6.45, 7) is 4.00. The van der Waals surface area contributed by atoms with E-state index in [1.165, 1.54) is 0 Å². The van der Waals surface area contributed by atoms with Crippen LogP contribution in [-0.4, -0.2) is 9.97 Å². The van der Waals surface area contributed by atoms with Crippen LogP contribution in [0.2, 0.25) is 5.02 Å². The number of nitrogens with two attached hydrogens (primary N) is 1. The fourth-order valence-corrected chi connectivity index (χ4v) is 2.70. The van der Waals surface area contributed by atoms with Crippen molar-refractivity contribution in [3.63, 3.8) is 0 Å². The molecule has 6 heteroatoms. The second kappa shape index (κ2) is 5.86. The van der Waals surface area contributed by atoms with E-state index in [4.69, 9.17) is 17.4 Å². The van der Waals surface area contributed by atoms with Gasteiger partial charge in [-0.25, -0.2) is 15.8 Å². The summed E-state index contributed by atoms with van der Waals surface area (Å²) in [6, 6.07) is 5.52. The minimum atomic E-state index is 0.624. The van der Waals surface area contributed by atoms with E-state index in [0.29, 0.717) is 16.7 Å². The lowest BCUT2D eigenvalue weighted by Gasteiger charge is -2.12. The van der Waals surface area contributed by atoms with Crippen LogP contribution in [0.15, 0.2) is 22.7 Å². The predicted molar refractivity (Wildman–Crippen MR) is 82.1 cm³/mol. The highest BCUT2D eigenvalue weighted by atomic mass is 79.9. The Hall–Kier alpha value is -1.17. The highest BCUT2D eigenvalue weighted by molar-refractivity contribution is 9.10. The van der Waals surface area contributed by atoms with Gasteiger partial charge >= 0.3 is 0 Å². The zero-order valence-corrected chi connectivity index (χ0v) is 13.0. The Morgan fingerprint density at radius 3 is 2.68 bits per heavy atom. The molecule has 1 heterocycles. The normalized spacial score (nSPS) is 10.6. The van der Waals surface area contributed by atoms with Crippen molar-refractivity contribution in [2.24, 2.45) is 5.84 Å². The van der Waals surface area contributed by atoms with Crippen LogP contribution in [0.25, 0.3) is 11.4 Å². The third-order valence-corrected chi connectivity index (χ3v) is 3.78. The molecule has 0 aliphatic carbocycles. The summed E-state index contributed by atoms with van der Waals surface area (Å²) in [5.74, 6) is 6.78. The van der Waals surface area contributed by atoms with Crippen molar-refractivity contribution in [1.82, 2.24) is 9.97 Å². The molecule has 0 saturated heterocycles. The molecule has 0 saturated carbocycles. The molecule has 0 aliphatic heterocycles. The van der Waals surface area contributed by atoms with E-state index in [1.807, 2.05) is 25.1 Å². The number of nitrogen functional groups attached to an aromatic ring is 1. The van der Waals surface area contributed by atoms with Crippen molar-refractivity contribution < 1.29 is 0 Å². The first-order valence-electron chi connectivity index (χ1n) is 5.86. The maximum Gasteiger partial charge on any atom is 0.162 e. The number of rotatable bonds is 3. The van der Waals surface area contributed by atoms with Crippen molar-refractivity contribution >= 4 is 33.3 Å². The molecule has 0 aliphatic rings. The van der Waals surface area contributed by atoms with Crippen LogP contribution in [0, 0.1) is 6.92 Å². The minimum Gasteiger partial charge on any atom is -0.308 e. The lowest BCUT2D eigenvalue weighted by atomic mass is 10.1.